The molecule has 7 nitrogen and oxygen atoms in total. The molecule has 0 atom stereocenters. The molecule has 2 N–H and O–H groups in total. The van der Waals surface area contributed by atoms with Gasteiger partial charge in [-0.3, -0.25) is 9.89 Å². The number of thioether (sulfide) groups is 1. The van der Waals surface area contributed by atoms with Crippen LogP contribution in [-0.4, -0.2) is 39.4 Å². The average molecular weight is 400 g/mol. The number of carbonyl (C=O) groups is 2. The normalized spacial score (nSPS) is 10.5. The number of ether oxygens (including phenoxy) is 1. The van der Waals surface area contributed by atoms with Crippen LogP contribution in [0.4, 0.5) is 10.1 Å². The van der Waals surface area contributed by atoms with Crippen molar-refractivity contribution >= 4 is 29.3 Å². The standard InChI is InChI=1S/C19H17FN4O3S/c1-2-27-18(26)12-7-9-13(10-8-12)21-16(25)11-28-19-22-17(23-24-19)14-5-3-4-6-15(14)20/h3-10H,2,11H2,1H3,(H,21,25)(H,22,23,24). The number of anilines is 1. The fourth-order valence-corrected chi connectivity index (χ4v) is 2.91. The van der Waals surface area contributed by atoms with E-state index in [1.165, 1.54) is 6.07 Å². The van der Waals surface area contributed by atoms with Gasteiger partial charge in [0.2, 0.25) is 11.1 Å². The topological polar surface area (TPSA) is 97.0 Å². The predicted octanol–water partition coefficient (Wildman–Crippen LogP) is 3.52. The van der Waals surface area contributed by atoms with Crippen LogP contribution >= 0.6 is 11.8 Å². The van der Waals surface area contributed by atoms with Crippen molar-refractivity contribution in [2.45, 2.75) is 12.1 Å². The molecule has 9 heteroatoms. The van der Waals surface area contributed by atoms with Crippen molar-refractivity contribution in [1.29, 1.82) is 0 Å². The zero-order valence-electron chi connectivity index (χ0n) is 14.9. The minimum absolute atomic E-state index is 0.0776. The summed E-state index contributed by atoms with van der Waals surface area (Å²) < 4.78 is 18.7. The molecule has 0 aliphatic carbocycles. The van der Waals surface area contributed by atoms with Crippen LogP contribution in [0.2, 0.25) is 0 Å². The van der Waals surface area contributed by atoms with Crippen molar-refractivity contribution in [1.82, 2.24) is 15.2 Å². The number of amides is 1. The maximum Gasteiger partial charge on any atom is 0.338 e. The molecule has 0 radical (unpaired) electrons. The van der Waals surface area contributed by atoms with Crippen LogP contribution in [0.25, 0.3) is 11.4 Å². The van der Waals surface area contributed by atoms with Crippen LogP contribution in [0.5, 0.6) is 0 Å². The van der Waals surface area contributed by atoms with Gasteiger partial charge < -0.3 is 10.1 Å². The lowest BCUT2D eigenvalue weighted by molar-refractivity contribution is -0.113. The lowest BCUT2D eigenvalue weighted by Gasteiger charge is -2.05. The highest BCUT2D eigenvalue weighted by molar-refractivity contribution is 7.99. The molecule has 0 unspecified atom stereocenters. The van der Waals surface area contributed by atoms with Crippen LogP contribution in [0.15, 0.2) is 53.7 Å². The van der Waals surface area contributed by atoms with Gasteiger partial charge >= 0.3 is 5.97 Å². The van der Waals surface area contributed by atoms with Crippen molar-refractivity contribution in [3.63, 3.8) is 0 Å². The van der Waals surface area contributed by atoms with E-state index in [0.717, 1.165) is 11.8 Å². The molecular weight excluding hydrogens is 383 g/mol. The molecule has 0 saturated carbocycles. The first-order chi connectivity index (χ1) is 13.6. The molecule has 0 aliphatic heterocycles. The van der Waals surface area contributed by atoms with E-state index in [1.807, 2.05) is 0 Å². The molecule has 0 fully saturated rings. The van der Waals surface area contributed by atoms with Gasteiger partial charge in [-0.1, -0.05) is 23.9 Å². The maximum atomic E-state index is 13.8. The number of rotatable bonds is 7. The Hall–Kier alpha value is -3.20. The third-order valence-electron chi connectivity index (χ3n) is 3.61. The van der Waals surface area contributed by atoms with Gasteiger partial charge in [-0.2, -0.15) is 0 Å². The largest absolute Gasteiger partial charge is 0.462 e. The highest BCUT2D eigenvalue weighted by Crippen LogP contribution is 2.21. The van der Waals surface area contributed by atoms with Gasteiger partial charge in [0.25, 0.3) is 0 Å². The fraction of sp³-hybridized carbons (Fsp3) is 0.158. The van der Waals surface area contributed by atoms with E-state index in [-0.39, 0.29) is 11.7 Å². The number of nitrogens with zero attached hydrogens (tertiary/aromatic N) is 2. The number of carbonyl (C=O) groups excluding carboxylic acids is 2. The van der Waals surface area contributed by atoms with Gasteiger partial charge in [-0.05, 0) is 43.3 Å². The number of aromatic amines is 1. The van der Waals surface area contributed by atoms with E-state index in [2.05, 4.69) is 20.5 Å². The molecule has 0 aliphatic rings. The quantitative estimate of drug-likeness (QED) is 0.465. The van der Waals surface area contributed by atoms with Crippen LogP contribution in [0.1, 0.15) is 17.3 Å². The Labute approximate surface area is 164 Å². The molecule has 0 spiro atoms. The molecule has 1 aromatic heterocycles. The predicted molar refractivity (Wildman–Crippen MR) is 104 cm³/mol. The van der Waals surface area contributed by atoms with E-state index < -0.39 is 11.8 Å². The summed E-state index contributed by atoms with van der Waals surface area (Å²) in [5.74, 6) is -0.694. The van der Waals surface area contributed by atoms with Crippen LogP contribution in [0.3, 0.4) is 0 Å². The average Bonchev–Trinajstić information content (AvgIpc) is 3.16. The number of benzene rings is 2. The number of aromatic nitrogens is 3. The summed E-state index contributed by atoms with van der Waals surface area (Å²) in [6.07, 6.45) is 0. The number of halogens is 1. The Morgan fingerprint density at radius 3 is 2.64 bits per heavy atom. The zero-order valence-corrected chi connectivity index (χ0v) is 15.8. The van der Waals surface area contributed by atoms with Crippen molar-refractivity contribution in [2.24, 2.45) is 0 Å². The summed E-state index contributed by atoms with van der Waals surface area (Å²) in [4.78, 5) is 27.9. The molecule has 2 aromatic carbocycles. The Morgan fingerprint density at radius 2 is 1.93 bits per heavy atom. The lowest BCUT2D eigenvalue weighted by Crippen LogP contribution is -2.14. The van der Waals surface area contributed by atoms with E-state index in [4.69, 9.17) is 4.74 Å². The summed E-state index contributed by atoms with van der Waals surface area (Å²) in [5.41, 5.74) is 1.28. The Kier molecular flexibility index (Phi) is 6.38. The van der Waals surface area contributed by atoms with Crippen LogP contribution in [-0.2, 0) is 9.53 Å². The first-order valence-electron chi connectivity index (χ1n) is 8.44. The molecule has 0 saturated heterocycles. The Balaban J connectivity index is 1.54. The van der Waals surface area contributed by atoms with E-state index in [0.29, 0.717) is 34.4 Å². The summed E-state index contributed by atoms with van der Waals surface area (Å²) in [6, 6.07) is 12.6. The van der Waals surface area contributed by atoms with E-state index >= 15 is 0 Å². The highest BCUT2D eigenvalue weighted by Gasteiger charge is 2.12. The molecule has 144 valence electrons. The monoisotopic (exact) mass is 400 g/mol. The Bertz CT molecular complexity index is 975. The third-order valence-corrected chi connectivity index (χ3v) is 4.45. The van der Waals surface area contributed by atoms with E-state index in [9.17, 15) is 14.0 Å². The molecule has 1 amide bonds. The van der Waals surface area contributed by atoms with Crippen LogP contribution < -0.4 is 5.32 Å². The lowest BCUT2D eigenvalue weighted by atomic mass is 10.2. The second kappa shape index (κ2) is 9.14. The van der Waals surface area contributed by atoms with Gasteiger partial charge in [0.05, 0.1) is 23.5 Å². The number of hydrogen-bond acceptors (Lipinski definition) is 6. The van der Waals surface area contributed by atoms with Gasteiger partial charge in [-0.25, -0.2) is 14.2 Å². The summed E-state index contributed by atoms with van der Waals surface area (Å²) in [6.45, 7) is 2.03. The van der Waals surface area contributed by atoms with Crippen molar-refractivity contribution < 1.29 is 18.7 Å². The third kappa shape index (κ3) is 4.95. The summed E-state index contributed by atoms with van der Waals surface area (Å²) in [5, 5.41) is 9.72. The van der Waals surface area contributed by atoms with Crippen molar-refractivity contribution in [2.75, 3.05) is 17.7 Å². The summed E-state index contributed by atoms with van der Waals surface area (Å²) in [7, 11) is 0. The number of nitrogens with one attached hydrogen (secondary N) is 2. The minimum Gasteiger partial charge on any atom is -0.462 e. The second-order valence-electron chi connectivity index (χ2n) is 5.58. The minimum atomic E-state index is -0.411. The molecule has 1 heterocycles. The number of hydrogen-bond donors (Lipinski definition) is 2. The van der Waals surface area contributed by atoms with Gasteiger partial charge in [0.15, 0.2) is 5.82 Å². The van der Waals surface area contributed by atoms with Crippen molar-refractivity contribution in [3.05, 3.63) is 59.9 Å². The molecule has 3 rings (SSSR count). The molecular formula is C19H17FN4O3S. The summed E-state index contributed by atoms with van der Waals surface area (Å²) >= 11 is 1.12. The van der Waals surface area contributed by atoms with E-state index in [1.54, 1.807) is 49.4 Å². The van der Waals surface area contributed by atoms with Gasteiger partial charge in [0, 0.05) is 5.69 Å². The zero-order chi connectivity index (χ0) is 19.9. The Morgan fingerprint density at radius 1 is 1.18 bits per heavy atom. The number of H-pyrrole nitrogens is 1. The number of esters is 1. The maximum absolute atomic E-state index is 13.8. The first kappa shape index (κ1) is 19.6. The molecule has 3 aromatic rings. The first-order valence-corrected chi connectivity index (χ1v) is 9.42. The van der Waals surface area contributed by atoms with Gasteiger partial charge in [0.1, 0.15) is 5.82 Å². The van der Waals surface area contributed by atoms with Crippen LogP contribution in [0, 0.1) is 5.82 Å². The molecule has 28 heavy (non-hydrogen) atoms. The second-order valence-corrected chi connectivity index (χ2v) is 6.52. The van der Waals surface area contributed by atoms with Crippen molar-refractivity contribution in [3.8, 4) is 11.4 Å². The molecule has 0 bridgehead atoms. The SMILES string of the molecule is CCOC(=O)c1ccc(NC(=O)CSc2n[nH]c(-c3ccccc3F)n2)cc1. The smallest absolute Gasteiger partial charge is 0.338 e. The fourth-order valence-electron chi connectivity index (χ4n) is 2.32. The highest BCUT2D eigenvalue weighted by atomic mass is 32.2. The van der Waals surface area contributed by atoms with Gasteiger partial charge in [-0.15, -0.1) is 5.10 Å².